The van der Waals surface area contributed by atoms with E-state index in [1.807, 2.05) is 12.1 Å². The van der Waals surface area contributed by atoms with Crippen molar-refractivity contribution in [1.29, 1.82) is 0 Å². The van der Waals surface area contributed by atoms with Crippen molar-refractivity contribution in [2.45, 2.75) is 46.5 Å². The third-order valence-corrected chi connectivity index (χ3v) is 2.77. The minimum atomic E-state index is 0.360. The molecule has 0 radical (unpaired) electrons. The Hall–Kier alpha value is -1.24. The molecule has 0 fully saturated rings. The molecule has 0 bridgehead atoms. The smallest absolute Gasteiger partial charge is 0.116 e. The molecule has 0 aliphatic heterocycles. The van der Waals surface area contributed by atoms with Crippen molar-refractivity contribution >= 4 is 5.57 Å². The number of allylic oxidation sites excluding steroid dienone is 2. The maximum Gasteiger partial charge on any atom is 0.116 e. The quantitative estimate of drug-likeness (QED) is 0.760. The lowest BCUT2D eigenvalue weighted by atomic mass is 9.95. The molecule has 0 spiro atoms. The van der Waals surface area contributed by atoms with E-state index in [9.17, 15) is 5.11 Å². The van der Waals surface area contributed by atoms with Crippen molar-refractivity contribution in [3.8, 4) is 5.75 Å². The lowest BCUT2D eigenvalue weighted by Crippen LogP contribution is -1.89. The van der Waals surface area contributed by atoms with Crippen molar-refractivity contribution < 1.29 is 5.11 Å². The number of hydrogen-bond donors (Lipinski definition) is 1. The molecule has 0 aromatic heterocycles. The van der Waals surface area contributed by atoms with Crippen LogP contribution in [0.25, 0.3) is 5.57 Å². The number of benzene rings is 1. The first kappa shape index (κ1) is 12.8. The highest BCUT2D eigenvalue weighted by atomic mass is 16.3. The van der Waals surface area contributed by atoms with Crippen LogP contribution in [0.5, 0.6) is 5.75 Å². The fourth-order valence-electron chi connectivity index (χ4n) is 1.89. The van der Waals surface area contributed by atoms with E-state index in [0.717, 1.165) is 19.3 Å². The highest BCUT2D eigenvalue weighted by Crippen LogP contribution is 2.27. The van der Waals surface area contributed by atoms with Crippen molar-refractivity contribution in [3.05, 3.63) is 35.4 Å². The van der Waals surface area contributed by atoms with Crippen LogP contribution in [0.4, 0.5) is 0 Å². The summed E-state index contributed by atoms with van der Waals surface area (Å²) in [5, 5.41) is 9.55. The van der Waals surface area contributed by atoms with Crippen LogP contribution in [-0.2, 0) is 0 Å². The molecule has 0 amide bonds. The van der Waals surface area contributed by atoms with Crippen molar-refractivity contribution in [2.24, 2.45) is 0 Å². The molecule has 0 aliphatic rings. The number of unbranched alkanes of at least 4 members (excludes halogenated alkanes) is 1. The molecule has 1 aromatic rings. The van der Waals surface area contributed by atoms with Gasteiger partial charge in [0.2, 0.25) is 0 Å². The van der Waals surface area contributed by atoms with Gasteiger partial charge in [0.05, 0.1) is 0 Å². The number of hydrogen-bond acceptors (Lipinski definition) is 1. The van der Waals surface area contributed by atoms with Crippen LogP contribution in [0.15, 0.2) is 24.3 Å². The first-order valence-corrected chi connectivity index (χ1v) is 6.18. The fraction of sp³-hybridized carbons (Fsp3) is 0.467. The monoisotopic (exact) mass is 218 g/mol. The predicted octanol–water partition coefficient (Wildman–Crippen LogP) is 4.68. The molecule has 0 heterocycles. The van der Waals surface area contributed by atoms with Gasteiger partial charge in [-0.3, -0.25) is 0 Å². The molecule has 0 unspecified atom stereocenters. The molecule has 1 N–H and O–H groups in total. The Bertz CT molecular complexity index is 364. The van der Waals surface area contributed by atoms with E-state index in [0.29, 0.717) is 5.75 Å². The van der Waals surface area contributed by atoms with Crippen molar-refractivity contribution in [2.75, 3.05) is 0 Å². The van der Waals surface area contributed by atoms with Gasteiger partial charge in [0.1, 0.15) is 5.75 Å². The number of phenols is 1. The fourth-order valence-corrected chi connectivity index (χ4v) is 1.89. The minimum Gasteiger partial charge on any atom is -0.508 e. The first-order chi connectivity index (χ1) is 7.69. The van der Waals surface area contributed by atoms with Gasteiger partial charge in [0.15, 0.2) is 0 Å². The zero-order valence-electron chi connectivity index (χ0n) is 10.6. The standard InChI is InChI=1S/C15H22O/c1-4-6-8-13(7-5-2)15-11-14(16)10-9-12(15)3/h8-11,16H,4-7H2,1-3H3/b13-8-. The number of aromatic hydroxyl groups is 1. The van der Waals surface area contributed by atoms with E-state index >= 15 is 0 Å². The van der Waals surface area contributed by atoms with Gasteiger partial charge in [-0.15, -0.1) is 0 Å². The Morgan fingerprint density at radius 1 is 1.25 bits per heavy atom. The lowest BCUT2D eigenvalue weighted by Gasteiger charge is -2.10. The molecular formula is C15H22O. The van der Waals surface area contributed by atoms with Gasteiger partial charge in [0.25, 0.3) is 0 Å². The van der Waals surface area contributed by atoms with E-state index in [2.05, 4.69) is 26.8 Å². The van der Waals surface area contributed by atoms with Crippen molar-refractivity contribution in [3.63, 3.8) is 0 Å². The SMILES string of the molecule is CCC/C=C(/CCC)c1cc(O)ccc1C. The molecule has 0 aliphatic carbocycles. The van der Waals surface area contributed by atoms with Crippen molar-refractivity contribution in [1.82, 2.24) is 0 Å². The molecular weight excluding hydrogens is 196 g/mol. The summed E-state index contributed by atoms with van der Waals surface area (Å²) < 4.78 is 0. The topological polar surface area (TPSA) is 20.2 Å². The largest absolute Gasteiger partial charge is 0.508 e. The molecule has 1 aromatic carbocycles. The molecule has 16 heavy (non-hydrogen) atoms. The number of rotatable bonds is 5. The molecule has 88 valence electrons. The van der Waals surface area contributed by atoms with Gasteiger partial charge < -0.3 is 5.11 Å². The molecule has 1 heteroatoms. The van der Waals surface area contributed by atoms with Gasteiger partial charge in [0, 0.05) is 0 Å². The maximum atomic E-state index is 9.55. The zero-order chi connectivity index (χ0) is 12.0. The van der Waals surface area contributed by atoms with Crippen LogP contribution in [-0.4, -0.2) is 5.11 Å². The average molecular weight is 218 g/mol. The summed E-state index contributed by atoms with van der Waals surface area (Å²) in [4.78, 5) is 0. The van der Waals surface area contributed by atoms with Crippen LogP contribution in [0.3, 0.4) is 0 Å². The predicted molar refractivity (Wildman–Crippen MR) is 70.6 cm³/mol. The number of phenolic OH excluding ortho intramolecular Hbond substituents is 1. The highest BCUT2D eigenvalue weighted by Gasteiger charge is 2.05. The minimum absolute atomic E-state index is 0.360. The number of aryl methyl sites for hydroxylation is 1. The van der Waals surface area contributed by atoms with Gasteiger partial charge in [-0.05, 0) is 48.6 Å². The molecule has 1 rings (SSSR count). The van der Waals surface area contributed by atoms with Crippen LogP contribution in [0, 0.1) is 6.92 Å². The summed E-state index contributed by atoms with van der Waals surface area (Å²) in [6, 6.07) is 5.62. The third-order valence-electron chi connectivity index (χ3n) is 2.77. The van der Waals surface area contributed by atoms with E-state index in [1.54, 1.807) is 6.07 Å². The van der Waals surface area contributed by atoms with Crippen LogP contribution in [0.2, 0.25) is 0 Å². The Labute approximate surface area is 98.8 Å². The van der Waals surface area contributed by atoms with Gasteiger partial charge in [-0.2, -0.15) is 0 Å². The first-order valence-electron chi connectivity index (χ1n) is 6.18. The molecule has 0 saturated carbocycles. The third kappa shape index (κ3) is 3.41. The van der Waals surface area contributed by atoms with Crippen LogP contribution in [0.1, 0.15) is 50.7 Å². The van der Waals surface area contributed by atoms with Gasteiger partial charge in [-0.1, -0.05) is 38.8 Å². The second-order valence-corrected chi connectivity index (χ2v) is 4.27. The Morgan fingerprint density at radius 2 is 2.00 bits per heavy atom. The van der Waals surface area contributed by atoms with Crippen LogP contribution >= 0.6 is 0 Å². The maximum absolute atomic E-state index is 9.55. The Balaban J connectivity index is 3.04. The summed E-state index contributed by atoms with van der Waals surface area (Å²) in [5.74, 6) is 0.360. The Morgan fingerprint density at radius 3 is 2.62 bits per heavy atom. The molecule has 0 atom stereocenters. The zero-order valence-corrected chi connectivity index (χ0v) is 10.6. The summed E-state index contributed by atoms with van der Waals surface area (Å²) in [5.41, 5.74) is 3.82. The van der Waals surface area contributed by atoms with E-state index in [1.165, 1.54) is 23.1 Å². The highest BCUT2D eigenvalue weighted by molar-refractivity contribution is 5.69. The van der Waals surface area contributed by atoms with E-state index in [4.69, 9.17) is 0 Å². The average Bonchev–Trinajstić information content (AvgIpc) is 2.28. The second kappa shape index (κ2) is 6.37. The van der Waals surface area contributed by atoms with Gasteiger partial charge in [-0.25, -0.2) is 0 Å². The van der Waals surface area contributed by atoms with E-state index in [-0.39, 0.29) is 0 Å². The summed E-state index contributed by atoms with van der Waals surface area (Å²) in [6.07, 6.45) is 6.83. The van der Waals surface area contributed by atoms with Gasteiger partial charge >= 0.3 is 0 Å². The normalized spacial score (nSPS) is 11.8. The van der Waals surface area contributed by atoms with Crippen LogP contribution < -0.4 is 0 Å². The summed E-state index contributed by atoms with van der Waals surface area (Å²) in [6.45, 7) is 6.48. The summed E-state index contributed by atoms with van der Waals surface area (Å²) in [7, 11) is 0. The summed E-state index contributed by atoms with van der Waals surface area (Å²) >= 11 is 0. The second-order valence-electron chi connectivity index (χ2n) is 4.27. The molecule has 1 nitrogen and oxygen atoms in total. The van der Waals surface area contributed by atoms with E-state index < -0.39 is 0 Å². The molecule has 0 saturated heterocycles. The lowest BCUT2D eigenvalue weighted by molar-refractivity contribution is 0.475. The Kier molecular flexibility index (Phi) is 5.10.